The highest BCUT2D eigenvalue weighted by Crippen LogP contribution is 2.52. The van der Waals surface area contributed by atoms with E-state index in [4.69, 9.17) is 0 Å². The van der Waals surface area contributed by atoms with Gasteiger partial charge in [0.25, 0.3) is 0 Å². The van der Waals surface area contributed by atoms with Crippen molar-refractivity contribution in [3.63, 3.8) is 0 Å². The quantitative estimate of drug-likeness (QED) is 0.257. The third-order valence-corrected chi connectivity index (χ3v) is 8.89. The van der Waals surface area contributed by atoms with Gasteiger partial charge in [-0.1, -0.05) is 133 Å². The van der Waals surface area contributed by atoms with Crippen molar-refractivity contribution in [1.82, 2.24) is 0 Å². The van der Waals surface area contributed by atoms with E-state index in [2.05, 4.69) is 125 Å². The van der Waals surface area contributed by atoms with Gasteiger partial charge in [-0.2, -0.15) is 0 Å². The van der Waals surface area contributed by atoms with Crippen molar-refractivity contribution in [2.45, 2.75) is 53.4 Å². The first-order valence-corrected chi connectivity index (χ1v) is 13.8. The molecule has 0 saturated heterocycles. The summed E-state index contributed by atoms with van der Waals surface area (Å²) in [6.07, 6.45) is 9.45. The lowest BCUT2D eigenvalue weighted by Gasteiger charge is -2.35. The van der Waals surface area contributed by atoms with Gasteiger partial charge in [0.2, 0.25) is 0 Å². The van der Waals surface area contributed by atoms with Crippen molar-refractivity contribution in [3.05, 3.63) is 129 Å². The SMILES string of the molecule is CCC(CC)(C1=Cc2c(cccc2-c2cccc(C)c2)C1)C1=Cc2c(cccc2-c2cccc(C)c2)C1. The first-order valence-electron chi connectivity index (χ1n) is 13.8. The monoisotopic (exact) mass is 480 g/mol. The van der Waals surface area contributed by atoms with Crippen LogP contribution in [0.4, 0.5) is 0 Å². The van der Waals surface area contributed by atoms with Gasteiger partial charge in [-0.05, 0) is 84.0 Å². The molecule has 6 rings (SSSR count). The van der Waals surface area contributed by atoms with Gasteiger partial charge in [-0.25, -0.2) is 0 Å². The predicted octanol–water partition coefficient (Wildman–Crippen LogP) is 10.0. The van der Waals surface area contributed by atoms with Crippen molar-refractivity contribution in [3.8, 4) is 22.3 Å². The first kappa shape index (κ1) is 23.7. The lowest BCUT2D eigenvalue weighted by molar-refractivity contribution is 0.390. The maximum absolute atomic E-state index is 2.55. The topological polar surface area (TPSA) is 0 Å². The molecule has 0 N–H and O–H groups in total. The minimum absolute atomic E-state index is 0.0891. The van der Waals surface area contributed by atoms with Gasteiger partial charge in [0.15, 0.2) is 0 Å². The van der Waals surface area contributed by atoms with Crippen LogP contribution in [0.5, 0.6) is 0 Å². The number of rotatable bonds is 6. The summed E-state index contributed by atoms with van der Waals surface area (Å²) in [6.45, 7) is 9.14. The number of hydrogen-bond acceptors (Lipinski definition) is 0. The van der Waals surface area contributed by atoms with Crippen LogP contribution in [0.15, 0.2) is 96.1 Å². The summed E-state index contributed by atoms with van der Waals surface area (Å²) in [5.74, 6) is 0. The van der Waals surface area contributed by atoms with E-state index in [1.54, 1.807) is 11.1 Å². The third-order valence-electron chi connectivity index (χ3n) is 8.89. The Hall–Kier alpha value is -3.64. The summed E-state index contributed by atoms with van der Waals surface area (Å²) in [6, 6.07) is 31.6. The van der Waals surface area contributed by atoms with Gasteiger partial charge in [0, 0.05) is 5.41 Å². The summed E-state index contributed by atoms with van der Waals surface area (Å²) in [5.41, 5.74) is 17.0. The maximum atomic E-state index is 2.55. The molecule has 0 spiro atoms. The Bertz CT molecular complexity index is 1440. The van der Waals surface area contributed by atoms with Crippen molar-refractivity contribution in [2.75, 3.05) is 0 Å². The Kier molecular flexibility index (Phi) is 6.00. The van der Waals surface area contributed by atoms with E-state index in [0.29, 0.717) is 0 Å². The van der Waals surface area contributed by atoms with E-state index in [-0.39, 0.29) is 5.41 Å². The normalized spacial score (nSPS) is 14.3. The van der Waals surface area contributed by atoms with Gasteiger partial charge in [0.05, 0.1) is 0 Å². The van der Waals surface area contributed by atoms with Gasteiger partial charge < -0.3 is 0 Å². The fraction of sp³-hybridized carbons (Fsp3) is 0.243. The van der Waals surface area contributed by atoms with Crippen molar-refractivity contribution >= 4 is 12.2 Å². The molecular formula is C37H36. The van der Waals surface area contributed by atoms with E-state index in [1.165, 1.54) is 55.6 Å². The second-order valence-corrected chi connectivity index (χ2v) is 11.0. The average molecular weight is 481 g/mol. The van der Waals surface area contributed by atoms with E-state index < -0.39 is 0 Å². The first-order chi connectivity index (χ1) is 18.0. The largest absolute Gasteiger partial charge is 0.0642 e. The van der Waals surface area contributed by atoms with Crippen molar-refractivity contribution in [2.24, 2.45) is 5.41 Å². The number of aryl methyl sites for hydroxylation is 2. The molecule has 4 aromatic rings. The summed E-state index contributed by atoms with van der Waals surface area (Å²) in [7, 11) is 0. The standard InChI is InChI=1S/C37H36/c1-5-37(6-2,31-21-29-15-9-17-33(35(29)23-31)27-13-7-11-25(3)19-27)32-22-30-16-10-18-34(36(30)24-32)28-14-8-12-26(4)20-28/h7-20,23-24H,5-6,21-22H2,1-4H3. The van der Waals surface area contributed by atoms with Crippen LogP contribution in [0.3, 0.4) is 0 Å². The van der Waals surface area contributed by atoms with E-state index in [1.807, 2.05) is 0 Å². The second kappa shape index (κ2) is 9.34. The molecule has 0 radical (unpaired) electrons. The minimum Gasteiger partial charge on any atom is -0.0642 e. The number of benzene rings is 4. The molecule has 37 heavy (non-hydrogen) atoms. The highest BCUT2D eigenvalue weighted by atomic mass is 14.4. The van der Waals surface area contributed by atoms with E-state index in [9.17, 15) is 0 Å². The molecule has 0 fully saturated rings. The molecule has 0 aliphatic heterocycles. The Balaban J connectivity index is 1.43. The van der Waals surface area contributed by atoms with Crippen molar-refractivity contribution in [1.29, 1.82) is 0 Å². The Morgan fingerprint density at radius 2 is 1.00 bits per heavy atom. The van der Waals surface area contributed by atoms with E-state index >= 15 is 0 Å². The zero-order valence-corrected chi connectivity index (χ0v) is 22.6. The Morgan fingerprint density at radius 3 is 1.41 bits per heavy atom. The van der Waals surface area contributed by atoms with Gasteiger partial charge in [-0.15, -0.1) is 0 Å². The maximum Gasteiger partial charge on any atom is 0.0129 e. The smallest absolute Gasteiger partial charge is 0.0129 e. The molecule has 0 aromatic heterocycles. The predicted molar refractivity (Wildman–Crippen MR) is 160 cm³/mol. The fourth-order valence-corrected chi connectivity index (χ4v) is 6.84. The van der Waals surface area contributed by atoms with Gasteiger partial charge in [-0.3, -0.25) is 0 Å². The summed E-state index contributed by atoms with van der Waals surface area (Å²) in [4.78, 5) is 0. The van der Waals surface area contributed by atoms with E-state index in [0.717, 1.165) is 25.7 Å². The minimum atomic E-state index is 0.0891. The molecule has 0 atom stereocenters. The second-order valence-electron chi connectivity index (χ2n) is 11.0. The molecule has 0 bridgehead atoms. The van der Waals surface area contributed by atoms with Crippen LogP contribution in [0.25, 0.3) is 34.4 Å². The van der Waals surface area contributed by atoms with Crippen LogP contribution >= 0.6 is 0 Å². The summed E-state index contributed by atoms with van der Waals surface area (Å²) in [5, 5.41) is 0. The van der Waals surface area contributed by atoms with Crippen LogP contribution in [-0.4, -0.2) is 0 Å². The molecule has 4 aromatic carbocycles. The van der Waals surface area contributed by atoms with Gasteiger partial charge in [0.1, 0.15) is 0 Å². The lowest BCUT2D eigenvalue weighted by atomic mass is 9.68. The molecule has 2 aliphatic carbocycles. The van der Waals surface area contributed by atoms with Crippen LogP contribution < -0.4 is 0 Å². The van der Waals surface area contributed by atoms with Crippen LogP contribution in [0.1, 0.15) is 60.1 Å². The van der Waals surface area contributed by atoms with Gasteiger partial charge >= 0.3 is 0 Å². The Morgan fingerprint density at radius 1 is 0.568 bits per heavy atom. The number of hydrogen-bond donors (Lipinski definition) is 0. The lowest BCUT2D eigenvalue weighted by Crippen LogP contribution is -2.25. The molecule has 2 aliphatic rings. The molecule has 0 saturated carbocycles. The molecule has 184 valence electrons. The molecule has 0 heteroatoms. The molecule has 0 nitrogen and oxygen atoms in total. The highest BCUT2D eigenvalue weighted by molar-refractivity contribution is 5.84. The summed E-state index contributed by atoms with van der Waals surface area (Å²) >= 11 is 0. The zero-order chi connectivity index (χ0) is 25.6. The Labute approximate surface area is 222 Å². The summed E-state index contributed by atoms with van der Waals surface area (Å²) < 4.78 is 0. The van der Waals surface area contributed by atoms with Crippen LogP contribution in [0.2, 0.25) is 0 Å². The molecule has 0 heterocycles. The number of fused-ring (bicyclic) bond motifs is 2. The fourth-order valence-electron chi connectivity index (χ4n) is 6.84. The van der Waals surface area contributed by atoms with Crippen LogP contribution in [0, 0.1) is 19.3 Å². The molecular weight excluding hydrogens is 444 g/mol. The van der Waals surface area contributed by atoms with Crippen molar-refractivity contribution < 1.29 is 0 Å². The van der Waals surface area contributed by atoms with Crippen LogP contribution in [-0.2, 0) is 12.8 Å². The molecule has 0 amide bonds. The third kappa shape index (κ3) is 4.00. The molecule has 0 unspecified atom stereocenters. The number of allylic oxidation sites excluding steroid dienone is 2. The average Bonchev–Trinajstić information content (AvgIpc) is 3.55. The zero-order valence-electron chi connectivity index (χ0n) is 22.6. The highest BCUT2D eigenvalue weighted by Gasteiger charge is 2.39.